The smallest absolute Gasteiger partial charge is 0.113 e. The number of ether oxygens (including phenoxy) is 3. The van der Waals surface area contributed by atoms with Gasteiger partial charge in [-0.3, -0.25) is 0 Å². The fraction of sp³-hybridized carbons (Fsp3) is 0.778. The topological polar surface area (TPSA) is 76.5 Å². The summed E-state index contributed by atoms with van der Waals surface area (Å²) in [5.74, 6) is 2.40. The summed E-state index contributed by atoms with van der Waals surface area (Å²) in [5.41, 5.74) is 8.34. The van der Waals surface area contributed by atoms with Gasteiger partial charge in [0.25, 0.3) is 0 Å². The molecule has 0 spiro atoms. The molecule has 2 saturated heterocycles. The van der Waals surface area contributed by atoms with Crippen molar-refractivity contribution in [1.29, 1.82) is 0 Å². The zero-order valence-corrected chi connectivity index (χ0v) is 8.07. The number of fused-ring (bicyclic) bond motifs is 1. The normalized spacial score (nSPS) is 38.1. The molecule has 0 N–H and O–H groups in total. The van der Waals surface area contributed by atoms with Gasteiger partial charge in [-0.05, 0) is 5.53 Å². The van der Waals surface area contributed by atoms with Crippen molar-refractivity contribution in [2.45, 2.75) is 24.4 Å². The van der Waals surface area contributed by atoms with E-state index in [9.17, 15) is 0 Å². The molecule has 0 saturated carbocycles. The molecule has 6 nitrogen and oxygen atoms in total. The zero-order valence-electron chi connectivity index (χ0n) is 8.07. The van der Waals surface area contributed by atoms with E-state index in [-0.39, 0.29) is 31.0 Å². The number of hydrogen-bond donors (Lipinski definition) is 0. The molecule has 80 valence electrons. The predicted molar refractivity (Wildman–Crippen MR) is 51.0 cm³/mol. The molecule has 0 aromatic heterocycles. The standard InChI is InChI=1S/C9H11N3O3/c1-2-3-13-7-5-15-8-6(11-12-10)4-14-9(7)8/h1,6-9H,3-5H2/t6-,7-,8?,9?/m0/s1. The largest absolute Gasteiger partial charge is 0.372 e. The molecule has 0 aromatic rings. The van der Waals surface area contributed by atoms with Gasteiger partial charge in [-0.1, -0.05) is 11.0 Å². The van der Waals surface area contributed by atoms with Gasteiger partial charge in [-0.15, -0.1) is 6.42 Å². The monoisotopic (exact) mass is 209 g/mol. The molecule has 2 fully saturated rings. The van der Waals surface area contributed by atoms with Crippen LogP contribution in [0, 0.1) is 12.3 Å². The van der Waals surface area contributed by atoms with Crippen LogP contribution in [0.15, 0.2) is 5.11 Å². The molecular weight excluding hydrogens is 198 g/mol. The van der Waals surface area contributed by atoms with Crippen LogP contribution >= 0.6 is 0 Å². The van der Waals surface area contributed by atoms with Crippen LogP contribution in [0.4, 0.5) is 0 Å². The van der Waals surface area contributed by atoms with Gasteiger partial charge in [0.15, 0.2) is 0 Å². The van der Waals surface area contributed by atoms with Crippen molar-refractivity contribution in [3.8, 4) is 12.3 Å². The van der Waals surface area contributed by atoms with E-state index >= 15 is 0 Å². The lowest BCUT2D eigenvalue weighted by Crippen LogP contribution is -2.32. The molecule has 2 rings (SSSR count). The molecule has 4 atom stereocenters. The maximum absolute atomic E-state index is 8.34. The van der Waals surface area contributed by atoms with Crippen molar-refractivity contribution in [2.24, 2.45) is 5.11 Å². The van der Waals surface area contributed by atoms with Gasteiger partial charge >= 0.3 is 0 Å². The Hall–Kier alpha value is -1.25. The molecule has 2 aliphatic rings. The van der Waals surface area contributed by atoms with E-state index in [0.717, 1.165) is 0 Å². The lowest BCUT2D eigenvalue weighted by Gasteiger charge is -2.14. The van der Waals surface area contributed by atoms with Gasteiger partial charge in [0.1, 0.15) is 18.8 Å². The van der Waals surface area contributed by atoms with E-state index in [2.05, 4.69) is 15.9 Å². The molecule has 2 aliphatic heterocycles. The Kier molecular flexibility index (Phi) is 3.09. The number of nitrogens with zero attached hydrogens (tertiary/aromatic N) is 3. The van der Waals surface area contributed by atoms with Gasteiger partial charge in [0, 0.05) is 4.91 Å². The zero-order chi connectivity index (χ0) is 10.7. The minimum absolute atomic E-state index is 0.148. The van der Waals surface area contributed by atoms with Gasteiger partial charge in [0.2, 0.25) is 0 Å². The second-order valence-corrected chi connectivity index (χ2v) is 3.42. The van der Waals surface area contributed by atoms with E-state index in [1.807, 2.05) is 0 Å². The average molecular weight is 209 g/mol. The summed E-state index contributed by atoms with van der Waals surface area (Å²) in [7, 11) is 0. The maximum Gasteiger partial charge on any atom is 0.113 e. The molecule has 6 heteroatoms. The van der Waals surface area contributed by atoms with Gasteiger partial charge in [-0.2, -0.15) is 0 Å². The number of rotatable bonds is 3. The highest BCUT2D eigenvalue weighted by atomic mass is 16.6. The van der Waals surface area contributed by atoms with E-state index in [1.165, 1.54) is 0 Å². The Labute approximate surface area is 87.1 Å². The molecule has 0 bridgehead atoms. The van der Waals surface area contributed by atoms with E-state index in [4.69, 9.17) is 26.2 Å². The fourth-order valence-electron chi connectivity index (χ4n) is 1.91. The Morgan fingerprint density at radius 2 is 2.27 bits per heavy atom. The van der Waals surface area contributed by atoms with Crippen molar-refractivity contribution in [1.82, 2.24) is 0 Å². The highest BCUT2D eigenvalue weighted by Gasteiger charge is 2.47. The van der Waals surface area contributed by atoms with Crippen LogP contribution < -0.4 is 0 Å². The van der Waals surface area contributed by atoms with E-state index in [1.54, 1.807) is 0 Å². The van der Waals surface area contributed by atoms with Crippen molar-refractivity contribution in [3.63, 3.8) is 0 Å². The molecule has 0 aliphatic carbocycles. The molecule has 2 heterocycles. The number of terminal acetylenes is 1. The summed E-state index contributed by atoms with van der Waals surface area (Å²) in [6, 6.07) is -0.251. The highest BCUT2D eigenvalue weighted by Crippen LogP contribution is 2.30. The van der Waals surface area contributed by atoms with Crippen LogP contribution in [0.1, 0.15) is 0 Å². The third kappa shape index (κ3) is 1.91. The molecular formula is C9H11N3O3. The lowest BCUT2D eigenvalue weighted by atomic mass is 10.1. The minimum Gasteiger partial charge on any atom is -0.372 e. The molecule has 2 unspecified atom stereocenters. The predicted octanol–water partition coefficient (Wildman–Crippen LogP) is 0.481. The fourth-order valence-corrected chi connectivity index (χ4v) is 1.91. The van der Waals surface area contributed by atoms with Crippen LogP contribution in [0.25, 0.3) is 10.4 Å². The Balaban J connectivity index is 1.96. The summed E-state index contributed by atoms with van der Waals surface area (Å²) in [5, 5.41) is 3.62. The number of hydrogen-bond acceptors (Lipinski definition) is 4. The quantitative estimate of drug-likeness (QED) is 0.293. The second kappa shape index (κ2) is 4.51. The van der Waals surface area contributed by atoms with Gasteiger partial charge in [0.05, 0.1) is 25.4 Å². The van der Waals surface area contributed by atoms with Crippen LogP contribution in [-0.2, 0) is 14.2 Å². The van der Waals surface area contributed by atoms with Crippen molar-refractivity contribution >= 4 is 0 Å². The van der Waals surface area contributed by atoms with Crippen molar-refractivity contribution in [2.75, 3.05) is 19.8 Å². The minimum atomic E-state index is -0.251. The third-order valence-electron chi connectivity index (χ3n) is 2.56. The third-order valence-corrected chi connectivity index (χ3v) is 2.56. The molecule has 0 amide bonds. The Morgan fingerprint density at radius 1 is 1.47 bits per heavy atom. The number of azide groups is 1. The first kappa shape index (κ1) is 10.3. The van der Waals surface area contributed by atoms with E-state index in [0.29, 0.717) is 13.2 Å². The first-order chi connectivity index (χ1) is 7.36. The molecule has 15 heavy (non-hydrogen) atoms. The van der Waals surface area contributed by atoms with Crippen LogP contribution in [0.2, 0.25) is 0 Å². The summed E-state index contributed by atoms with van der Waals surface area (Å²) < 4.78 is 16.3. The highest BCUT2D eigenvalue weighted by molar-refractivity contribution is 4.99. The SMILES string of the molecule is C#CCO[C@H]1COC2C1OC[C@@H]2N=[N+]=[N-]. The summed E-state index contributed by atoms with van der Waals surface area (Å²) >= 11 is 0. The maximum atomic E-state index is 8.34. The first-order valence-electron chi connectivity index (χ1n) is 4.69. The van der Waals surface area contributed by atoms with Crippen LogP contribution in [0.3, 0.4) is 0 Å². The van der Waals surface area contributed by atoms with Gasteiger partial charge < -0.3 is 14.2 Å². The van der Waals surface area contributed by atoms with Crippen LogP contribution in [-0.4, -0.2) is 44.2 Å². The summed E-state index contributed by atoms with van der Waals surface area (Å²) in [4.78, 5) is 2.76. The molecule has 0 aromatic carbocycles. The Bertz CT molecular complexity index is 321. The van der Waals surface area contributed by atoms with Crippen molar-refractivity contribution < 1.29 is 14.2 Å². The second-order valence-electron chi connectivity index (χ2n) is 3.42. The lowest BCUT2D eigenvalue weighted by molar-refractivity contribution is -0.0192. The average Bonchev–Trinajstić information content (AvgIpc) is 2.79. The van der Waals surface area contributed by atoms with Crippen molar-refractivity contribution in [3.05, 3.63) is 10.4 Å². The van der Waals surface area contributed by atoms with E-state index < -0.39 is 0 Å². The Morgan fingerprint density at radius 3 is 3.00 bits per heavy atom. The first-order valence-corrected chi connectivity index (χ1v) is 4.69. The van der Waals surface area contributed by atoms with Crippen LogP contribution in [0.5, 0.6) is 0 Å². The molecule has 0 radical (unpaired) electrons. The van der Waals surface area contributed by atoms with Gasteiger partial charge in [-0.25, -0.2) is 0 Å². The summed E-state index contributed by atoms with van der Waals surface area (Å²) in [6.45, 7) is 1.07. The summed E-state index contributed by atoms with van der Waals surface area (Å²) in [6.07, 6.45) is 4.60.